The lowest BCUT2D eigenvalue weighted by Gasteiger charge is -2.15. The van der Waals surface area contributed by atoms with E-state index in [2.05, 4.69) is 10.5 Å². The number of hydrogen-bond donors (Lipinski definition) is 1. The summed E-state index contributed by atoms with van der Waals surface area (Å²) in [6, 6.07) is 14.8. The smallest absolute Gasteiger partial charge is 0.277 e. The van der Waals surface area contributed by atoms with Crippen molar-refractivity contribution >= 4 is 17.5 Å². The number of hydrazone groups is 1. The molecule has 0 aromatic heterocycles. The molecule has 1 aliphatic heterocycles. The molecule has 1 saturated heterocycles. The van der Waals surface area contributed by atoms with Gasteiger partial charge in [0.15, 0.2) is 13.2 Å². The van der Waals surface area contributed by atoms with Crippen LogP contribution in [0.1, 0.15) is 30.9 Å². The number of hydrogen-bond acceptors (Lipinski definition) is 5. The SMILES string of the molecule is C/C(=N/NC(=O)COc1cccc(C)c1)c1ccc(OCC(=O)N2CCCC2)cc1. The monoisotopic (exact) mass is 409 g/mol. The lowest BCUT2D eigenvalue weighted by Crippen LogP contribution is -2.32. The maximum atomic E-state index is 12.0. The molecule has 0 aliphatic carbocycles. The fourth-order valence-corrected chi connectivity index (χ4v) is 3.09. The van der Waals surface area contributed by atoms with Crippen LogP contribution < -0.4 is 14.9 Å². The Morgan fingerprint density at radius 3 is 2.40 bits per heavy atom. The minimum Gasteiger partial charge on any atom is -0.484 e. The van der Waals surface area contributed by atoms with Crippen molar-refractivity contribution in [3.05, 3.63) is 59.7 Å². The second-order valence-electron chi connectivity index (χ2n) is 7.24. The summed E-state index contributed by atoms with van der Waals surface area (Å²) in [4.78, 5) is 25.8. The highest BCUT2D eigenvalue weighted by Crippen LogP contribution is 2.14. The first kappa shape index (κ1) is 21.4. The highest BCUT2D eigenvalue weighted by molar-refractivity contribution is 5.99. The van der Waals surface area contributed by atoms with Crippen LogP contribution in [0.3, 0.4) is 0 Å². The third kappa shape index (κ3) is 6.34. The van der Waals surface area contributed by atoms with Gasteiger partial charge in [0.1, 0.15) is 11.5 Å². The molecule has 2 aromatic rings. The molecule has 1 N–H and O–H groups in total. The molecule has 0 atom stereocenters. The molecule has 0 radical (unpaired) electrons. The summed E-state index contributed by atoms with van der Waals surface area (Å²) in [6.45, 7) is 5.33. The number of carbonyl (C=O) groups excluding carboxylic acids is 2. The van der Waals surface area contributed by atoms with E-state index in [4.69, 9.17) is 9.47 Å². The molecular weight excluding hydrogens is 382 g/mol. The lowest BCUT2D eigenvalue weighted by molar-refractivity contribution is -0.132. The Balaban J connectivity index is 1.44. The molecule has 3 rings (SSSR count). The van der Waals surface area contributed by atoms with Gasteiger partial charge >= 0.3 is 0 Å². The first-order chi connectivity index (χ1) is 14.5. The van der Waals surface area contributed by atoms with Crippen LogP contribution in [-0.4, -0.2) is 48.7 Å². The molecule has 7 heteroatoms. The van der Waals surface area contributed by atoms with Crippen LogP contribution in [0.2, 0.25) is 0 Å². The van der Waals surface area contributed by atoms with Crippen molar-refractivity contribution < 1.29 is 19.1 Å². The van der Waals surface area contributed by atoms with Gasteiger partial charge in [0, 0.05) is 13.1 Å². The van der Waals surface area contributed by atoms with Gasteiger partial charge in [-0.25, -0.2) is 5.43 Å². The van der Waals surface area contributed by atoms with Gasteiger partial charge in [-0.15, -0.1) is 0 Å². The number of nitrogens with one attached hydrogen (secondary N) is 1. The number of aryl methyl sites for hydroxylation is 1. The number of rotatable bonds is 8. The predicted octanol–water partition coefficient (Wildman–Crippen LogP) is 2.92. The Kier molecular flexibility index (Phi) is 7.43. The van der Waals surface area contributed by atoms with Crippen LogP contribution in [0, 0.1) is 6.92 Å². The second-order valence-corrected chi connectivity index (χ2v) is 7.24. The third-order valence-corrected chi connectivity index (χ3v) is 4.80. The first-order valence-corrected chi connectivity index (χ1v) is 10.0. The molecule has 0 spiro atoms. The van der Waals surface area contributed by atoms with Crippen molar-refractivity contribution in [2.45, 2.75) is 26.7 Å². The van der Waals surface area contributed by atoms with E-state index in [1.165, 1.54) is 0 Å². The molecule has 158 valence electrons. The van der Waals surface area contributed by atoms with Gasteiger partial charge in [0.2, 0.25) is 0 Å². The van der Waals surface area contributed by atoms with Gasteiger partial charge < -0.3 is 14.4 Å². The van der Waals surface area contributed by atoms with E-state index in [-0.39, 0.29) is 25.0 Å². The van der Waals surface area contributed by atoms with Crippen LogP contribution in [0.25, 0.3) is 0 Å². The Morgan fingerprint density at radius 2 is 1.70 bits per heavy atom. The molecule has 7 nitrogen and oxygen atoms in total. The largest absolute Gasteiger partial charge is 0.484 e. The van der Waals surface area contributed by atoms with E-state index in [9.17, 15) is 9.59 Å². The van der Waals surface area contributed by atoms with Crippen LogP contribution in [-0.2, 0) is 9.59 Å². The highest BCUT2D eigenvalue weighted by Gasteiger charge is 2.18. The fraction of sp³-hybridized carbons (Fsp3) is 0.348. The van der Waals surface area contributed by atoms with Crippen molar-refractivity contribution in [3.8, 4) is 11.5 Å². The predicted molar refractivity (Wildman–Crippen MR) is 115 cm³/mol. The zero-order valence-electron chi connectivity index (χ0n) is 17.4. The number of carbonyl (C=O) groups is 2. The summed E-state index contributed by atoms with van der Waals surface area (Å²) in [5.74, 6) is 0.945. The van der Waals surface area contributed by atoms with Crippen LogP contribution in [0.5, 0.6) is 11.5 Å². The molecule has 1 fully saturated rings. The highest BCUT2D eigenvalue weighted by atomic mass is 16.5. The van der Waals surface area contributed by atoms with Crippen molar-refractivity contribution in [2.75, 3.05) is 26.3 Å². The minimum absolute atomic E-state index is 0.0184. The normalized spacial score (nSPS) is 13.8. The van der Waals surface area contributed by atoms with Gasteiger partial charge in [-0.1, -0.05) is 12.1 Å². The lowest BCUT2D eigenvalue weighted by atomic mass is 10.1. The molecule has 0 unspecified atom stereocenters. The van der Waals surface area contributed by atoms with Gasteiger partial charge in [-0.3, -0.25) is 9.59 Å². The minimum atomic E-state index is -0.337. The zero-order chi connectivity index (χ0) is 21.3. The molecular formula is C23H27N3O4. The maximum Gasteiger partial charge on any atom is 0.277 e. The van der Waals surface area contributed by atoms with Crippen LogP contribution in [0.4, 0.5) is 0 Å². The van der Waals surface area contributed by atoms with E-state index in [0.717, 1.165) is 37.1 Å². The quantitative estimate of drug-likeness (QED) is 0.537. The number of nitrogens with zero attached hydrogens (tertiary/aromatic N) is 2. The van der Waals surface area contributed by atoms with Crippen LogP contribution >= 0.6 is 0 Å². The van der Waals surface area contributed by atoms with Gasteiger partial charge in [-0.05, 0) is 74.2 Å². The zero-order valence-corrected chi connectivity index (χ0v) is 17.4. The molecule has 0 bridgehead atoms. The van der Waals surface area contributed by atoms with Crippen molar-refractivity contribution in [1.29, 1.82) is 0 Å². The summed E-state index contributed by atoms with van der Waals surface area (Å²) < 4.78 is 11.0. The molecule has 2 amide bonds. The summed E-state index contributed by atoms with van der Waals surface area (Å²) in [6.07, 6.45) is 2.13. The average Bonchev–Trinajstić information content (AvgIpc) is 3.30. The van der Waals surface area contributed by atoms with E-state index >= 15 is 0 Å². The molecule has 1 heterocycles. The Labute approximate surface area is 176 Å². The van der Waals surface area contributed by atoms with Gasteiger partial charge in [0.25, 0.3) is 11.8 Å². The molecule has 0 saturated carbocycles. The summed E-state index contributed by atoms with van der Waals surface area (Å²) in [5, 5.41) is 4.12. The summed E-state index contributed by atoms with van der Waals surface area (Å²) in [5.41, 5.74) is 5.05. The van der Waals surface area contributed by atoms with E-state index in [1.807, 2.05) is 42.2 Å². The van der Waals surface area contributed by atoms with Crippen LogP contribution in [0.15, 0.2) is 53.6 Å². The molecule has 2 aromatic carbocycles. The fourth-order valence-electron chi connectivity index (χ4n) is 3.09. The first-order valence-electron chi connectivity index (χ1n) is 10.0. The third-order valence-electron chi connectivity index (χ3n) is 4.80. The summed E-state index contributed by atoms with van der Waals surface area (Å²) >= 11 is 0. The topological polar surface area (TPSA) is 80.2 Å². The van der Waals surface area contributed by atoms with E-state index in [1.54, 1.807) is 25.1 Å². The molecule has 1 aliphatic rings. The molecule has 30 heavy (non-hydrogen) atoms. The Hall–Kier alpha value is -3.35. The van der Waals surface area contributed by atoms with E-state index < -0.39 is 0 Å². The number of likely N-dealkylation sites (tertiary alicyclic amines) is 1. The number of benzene rings is 2. The standard InChI is InChI=1S/C23H27N3O4/c1-17-6-5-7-21(14-17)29-15-22(27)25-24-18(2)19-8-10-20(11-9-19)30-16-23(28)26-12-3-4-13-26/h5-11,14H,3-4,12-13,15-16H2,1-2H3,(H,25,27)/b24-18-. The summed E-state index contributed by atoms with van der Waals surface area (Å²) in [7, 11) is 0. The Bertz CT molecular complexity index is 903. The van der Waals surface area contributed by atoms with Gasteiger partial charge in [0.05, 0.1) is 5.71 Å². The number of amides is 2. The number of ether oxygens (including phenoxy) is 2. The maximum absolute atomic E-state index is 12.0. The second kappa shape index (κ2) is 10.4. The van der Waals surface area contributed by atoms with Crippen molar-refractivity contribution in [3.63, 3.8) is 0 Å². The van der Waals surface area contributed by atoms with Crippen molar-refractivity contribution in [1.82, 2.24) is 10.3 Å². The van der Waals surface area contributed by atoms with Crippen molar-refractivity contribution in [2.24, 2.45) is 5.10 Å². The Morgan fingerprint density at radius 1 is 1.00 bits per heavy atom. The van der Waals surface area contributed by atoms with E-state index in [0.29, 0.717) is 17.2 Å². The van der Waals surface area contributed by atoms with Gasteiger partial charge in [-0.2, -0.15) is 5.10 Å². The average molecular weight is 409 g/mol.